The van der Waals surface area contributed by atoms with E-state index in [0.717, 1.165) is 0 Å². The van der Waals surface area contributed by atoms with Crippen molar-refractivity contribution < 1.29 is 23.1 Å². The molecular weight excluding hydrogens is 318 g/mol. The van der Waals surface area contributed by atoms with Gasteiger partial charge < -0.3 is 10.8 Å². The largest absolute Gasteiger partial charge is 0.418 e. The maximum atomic E-state index is 12.6. The first-order valence-electron chi connectivity index (χ1n) is 5.59. The Balaban J connectivity index is 2.88. The lowest BCUT2D eigenvalue weighted by molar-refractivity contribution is -0.257. The average Bonchev–Trinajstić information content (AvgIpc) is 2.34. The van der Waals surface area contributed by atoms with Crippen molar-refractivity contribution in [1.29, 1.82) is 0 Å². The number of aliphatic hydroxyl groups is 1. The highest BCUT2D eigenvalue weighted by molar-refractivity contribution is 6.39. The van der Waals surface area contributed by atoms with Crippen LogP contribution in [0.4, 0.5) is 13.2 Å². The van der Waals surface area contributed by atoms with Crippen LogP contribution in [0.2, 0.25) is 10.0 Å². The molecule has 1 rings (SSSR count). The third-order valence-electron chi connectivity index (χ3n) is 2.87. The van der Waals surface area contributed by atoms with Crippen molar-refractivity contribution >= 4 is 29.0 Å². The Bertz CT molecular complexity index is 488. The molecule has 0 aromatic heterocycles. The zero-order valence-corrected chi connectivity index (χ0v) is 11.7. The molecule has 1 unspecified atom stereocenters. The summed E-state index contributed by atoms with van der Waals surface area (Å²) in [7, 11) is 0. The van der Waals surface area contributed by atoms with Crippen molar-refractivity contribution in [3.63, 3.8) is 0 Å². The fourth-order valence-electron chi connectivity index (χ4n) is 1.57. The van der Waals surface area contributed by atoms with Crippen molar-refractivity contribution in [3.05, 3.63) is 33.8 Å². The number of rotatable bonds is 5. The highest BCUT2D eigenvalue weighted by atomic mass is 35.5. The number of benzene rings is 1. The molecule has 0 spiro atoms. The minimum Gasteiger partial charge on any atom is -0.379 e. The predicted molar refractivity (Wildman–Crippen MR) is 70.1 cm³/mol. The molecule has 20 heavy (non-hydrogen) atoms. The fraction of sp³-hybridized carbons (Fsp3) is 0.417. The quantitative estimate of drug-likeness (QED) is 0.815. The maximum absolute atomic E-state index is 12.6. The van der Waals surface area contributed by atoms with Gasteiger partial charge in [0.15, 0.2) is 11.4 Å². The van der Waals surface area contributed by atoms with Gasteiger partial charge in [-0.3, -0.25) is 4.79 Å². The second kappa shape index (κ2) is 6.30. The van der Waals surface area contributed by atoms with E-state index >= 15 is 0 Å². The van der Waals surface area contributed by atoms with Gasteiger partial charge in [-0.1, -0.05) is 29.3 Å². The lowest BCUT2D eigenvalue weighted by atomic mass is 9.94. The third-order valence-corrected chi connectivity index (χ3v) is 3.50. The van der Waals surface area contributed by atoms with Crippen LogP contribution in [0.15, 0.2) is 18.2 Å². The molecule has 0 saturated heterocycles. The first-order chi connectivity index (χ1) is 9.12. The van der Waals surface area contributed by atoms with Crippen LogP contribution in [-0.2, 0) is 0 Å². The van der Waals surface area contributed by atoms with E-state index in [0.29, 0.717) is 0 Å². The smallest absolute Gasteiger partial charge is 0.379 e. The second-order valence-corrected chi connectivity index (χ2v) is 5.07. The summed E-state index contributed by atoms with van der Waals surface area (Å²) in [5.41, 5.74) is 1.79. The van der Waals surface area contributed by atoms with Crippen LogP contribution in [0.3, 0.4) is 0 Å². The average molecular weight is 330 g/mol. The van der Waals surface area contributed by atoms with Crippen molar-refractivity contribution in [2.24, 2.45) is 5.73 Å². The van der Waals surface area contributed by atoms with Gasteiger partial charge in [-0.2, -0.15) is 13.2 Å². The van der Waals surface area contributed by atoms with Gasteiger partial charge in [0.1, 0.15) is 0 Å². The normalized spacial score (nSPS) is 14.9. The number of nitrogens with two attached hydrogens (primary N) is 1. The molecule has 0 aliphatic heterocycles. The summed E-state index contributed by atoms with van der Waals surface area (Å²) in [6.07, 6.45) is -6.34. The summed E-state index contributed by atoms with van der Waals surface area (Å²) in [4.78, 5) is 11.9. The first kappa shape index (κ1) is 17.2. The standard InChI is InChI=1S/C12H12Cl2F3NO2/c13-7-2-1-3-8(14)10(7)9(19)4-5-11(20,6-18)12(15,16)17/h1-3,20H,4-6,18H2. The summed E-state index contributed by atoms with van der Waals surface area (Å²) in [6.45, 7) is -1.03. The van der Waals surface area contributed by atoms with Gasteiger partial charge in [-0.05, 0) is 18.6 Å². The number of Topliss-reactive ketones (excluding diaryl/α,β-unsaturated/α-hetero) is 1. The fourth-order valence-corrected chi connectivity index (χ4v) is 2.18. The van der Waals surface area contributed by atoms with E-state index < -0.39 is 36.9 Å². The van der Waals surface area contributed by atoms with Gasteiger partial charge in [0, 0.05) is 13.0 Å². The lowest BCUT2D eigenvalue weighted by Crippen LogP contribution is -2.51. The predicted octanol–water partition coefficient (Wildman–Crippen LogP) is 3.21. The molecule has 0 fully saturated rings. The van der Waals surface area contributed by atoms with Crippen LogP contribution in [0.5, 0.6) is 0 Å². The number of alkyl halides is 3. The van der Waals surface area contributed by atoms with E-state index in [9.17, 15) is 23.1 Å². The van der Waals surface area contributed by atoms with Crippen molar-refractivity contribution in [1.82, 2.24) is 0 Å². The Kier molecular flexibility index (Phi) is 5.43. The second-order valence-electron chi connectivity index (χ2n) is 4.25. The highest BCUT2D eigenvalue weighted by Crippen LogP contribution is 2.34. The molecule has 3 N–H and O–H groups in total. The Morgan fingerprint density at radius 2 is 1.75 bits per heavy atom. The molecule has 0 saturated carbocycles. The Morgan fingerprint density at radius 3 is 2.15 bits per heavy atom. The van der Waals surface area contributed by atoms with Crippen LogP contribution >= 0.6 is 23.2 Å². The van der Waals surface area contributed by atoms with E-state index in [1.165, 1.54) is 18.2 Å². The lowest BCUT2D eigenvalue weighted by Gasteiger charge is -2.28. The molecule has 112 valence electrons. The molecule has 1 atom stereocenters. The molecule has 1 aromatic carbocycles. The van der Waals surface area contributed by atoms with E-state index in [1.807, 2.05) is 0 Å². The monoisotopic (exact) mass is 329 g/mol. The number of carbonyl (C=O) groups is 1. The molecular formula is C12H12Cl2F3NO2. The number of hydrogen-bond donors (Lipinski definition) is 2. The molecule has 3 nitrogen and oxygen atoms in total. The number of carbonyl (C=O) groups excluding carboxylic acids is 1. The highest BCUT2D eigenvalue weighted by Gasteiger charge is 2.52. The van der Waals surface area contributed by atoms with Crippen molar-refractivity contribution in [2.75, 3.05) is 6.54 Å². The molecule has 1 aromatic rings. The van der Waals surface area contributed by atoms with E-state index in [-0.39, 0.29) is 15.6 Å². The van der Waals surface area contributed by atoms with Crippen LogP contribution in [0.25, 0.3) is 0 Å². The minimum absolute atomic E-state index is 0.0470. The Hall–Kier alpha value is -0.820. The molecule has 8 heteroatoms. The first-order valence-corrected chi connectivity index (χ1v) is 6.34. The van der Waals surface area contributed by atoms with Gasteiger partial charge in [0.05, 0.1) is 15.6 Å². The van der Waals surface area contributed by atoms with Crippen LogP contribution in [-0.4, -0.2) is 29.2 Å². The van der Waals surface area contributed by atoms with E-state index in [4.69, 9.17) is 28.9 Å². The molecule has 0 heterocycles. The van der Waals surface area contributed by atoms with Crippen LogP contribution in [0.1, 0.15) is 23.2 Å². The SMILES string of the molecule is NCC(O)(CCC(=O)c1c(Cl)cccc1Cl)C(F)(F)F. The van der Waals surface area contributed by atoms with E-state index in [1.54, 1.807) is 0 Å². The van der Waals surface area contributed by atoms with Crippen molar-refractivity contribution in [3.8, 4) is 0 Å². The topological polar surface area (TPSA) is 63.3 Å². The maximum Gasteiger partial charge on any atom is 0.418 e. The van der Waals surface area contributed by atoms with Crippen molar-refractivity contribution in [2.45, 2.75) is 24.6 Å². The summed E-state index contributed by atoms with van der Waals surface area (Å²) >= 11 is 11.6. The van der Waals surface area contributed by atoms with Gasteiger partial charge in [-0.15, -0.1) is 0 Å². The molecule has 0 bridgehead atoms. The molecule has 0 aliphatic rings. The summed E-state index contributed by atoms with van der Waals surface area (Å²) in [6, 6.07) is 4.31. The number of ketones is 1. The summed E-state index contributed by atoms with van der Waals surface area (Å²) < 4.78 is 37.9. The zero-order valence-electron chi connectivity index (χ0n) is 10.2. The molecule has 0 aliphatic carbocycles. The number of hydrogen-bond acceptors (Lipinski definition) is 3. The van der Waals surface area contributed by atoms with Gasteiger partial charge >= 0.3 is 6.18 Å². The Morgan fingerprint density at radius 1 is 1.25 bits per heavy atom. The van der Waals surface area contributed by atoms with Gasteiger partial charge in [0.25, 0.3) is 0 Å². The van der Waals surface area contributed by atoms with E-state index in [2.05, 4.69) is 0 Å². The summed E-state index contributed by atoms with van der Waals surface area (Å²) in [5.74, 6) is -0.684. The molecule has 0 amide bonds. The van der Waals surface area contributed by atoms with Gasteiger partial charge in [0.2, 0.25) is 0 Å². The molecule has 0 radical (unpaired) electrons. The Labute approximate surface area is 123 Å². The van der Waals surface area contributed by atoms with Crippen LogP contribution in [0, 0.1) is 0 Å². The number of halogens is 5. The zero-order chi connectivity index (χ0) is 15.6. The summed E-state index contributed by atoms with van der Waals surface area (Å²) in [5, 5.41) is 9.52. The minimum atomic E-state index is -4.91. The third kappa shape index (κ3) is 3.63. The van der Waals surface area contributed by atoms with Gasteiger partial charge in [-0.25, -0.2) is 0 Å². The van der Waals surface area contributed by atoms with Crippen LogP contribution < -0.4 is 5.73 Å².